The van der Waals surface area contributed by atoms with Gasteiger partial charge in [-0.1, -0.05) is 29.5 Å². The number of anilines is 1. The molecule has 0 fully saturated rings. The van der Waals surface area contributed by atoms with Crippen molar-refractivity contribution in [3.05, 3.63) is 59.7 Å². The third kappa shape index (κ3) is 4.09. The third-order valence-corrected chi connectivity index (χ3v) is 5.24. The maximum Gasteiger partial charge on any atom is 0.234 e. The van der Waals surface area contributed by atoms with Gasteiger partial charge in [0.1, 0.15) is 5.03 Å². The summed E-state index contributed by atoms with van der Waals surface area (Å²) in [6.45, 7) is 4.25. The lowest BCUT2D eigenvalue weighted by Crippen LogP contribution is -2.15. The van der Waals surface area contributed by atoms with Gasteiger partial charge in [-0.25, -0.2) is 0 Å². The lowest BCUT2D eigenvalue weighted by atomic mass is 10.1. The maximum atomic E-state index is 12.2. The van der Waals surface area contributed by atoms with Crippen molar-refractivity contribution in [3.63, 3.8) is 0 Å². The molecule has 1 aliphatic rings. The fraction of sp³-hybridized carbons (Fsp3) is 0.190. The molecule has 0 atom stereocenters. The molecule has 1 aliphatic heterocycles. The van der Waals surface area contributed by atoms with Crippen LogP contribution in [0.3, 0.4) is 0 Å². The number of hydrogen-bond acceptors (Lipinski definition) is 6. The zero-order chi connectivity index (χ0) is 19.5. The van der Waals surface area contributed by atoms with Crippen LogP contribution >= 0.6 is 11.8 Å². The third-order valence-electron chi connectivity index (χ3n) is 4.32. The Morgan fingerprint density at radius 3 is 2.68 bits per heavy atom. The molecular weight excluding hydrogens is 374 g/mol. The van der Waals surface area contributed by atoms with E-state index in [1.54, 1.807) is 0 Å². The van der Waals surface area contributed by atoms with Crippen LogP contribution in [-0.4, -0.2) is 28.7 Å². The van der Waals surface area contributed by atoms with Gasteiger partial charge in [0, 0.05) is 11.3 Å². The molecule has 28 heavy (non-hydrogen) atoms. The number of aryl methyl sites for hydroxylation is 2. The van der Waals surface area contributed by atoms with E-state index in [9.17, 15) is 4.79 Å². The fourth-order valence-electron chi connectivity index (χ4n) is 2.89. The zero-order valence-corrected chi connectivity index (χ0v) is 16.4. The predicted molar refractivity (Wildman–Crippen MR) is 109 cm³/mol. The first kappa shape index (κ1) is 18.3. The molecule has 3 aromatic rings. The molecular formula is C21H19N3O3S. The quantitative estimate of drug-likeness (QED) is 0.654. The van der Waals surface area contributed by atoms with E-state index in [0.717, 1.165) is 28.3 Å². The summed E-state index contributed by atoms with van der Waals surface area (Å²) < 4.78 is 10.7. The van der Waals surface area contributed by atoms with E-state index in [0.29, 0.717) is 10.8 Å². The van der Waals surface area contributed by atoms with E-state index >= 15 is 0 Å². The maximum absolute atomic E-state index is 12.2. The minimum atomic E-state index is -0.0707. The Labute approximate surface area is 167 Å². The first-order valence-electron chi connectivity index (χ1n) is 8.82. The number of carbonyl (C=O) groups excluding carboxylic acids is 1. The smallest absolute Gasteiger partial charge is 0.234 e. The average Bonchev–Trinajstić information content (AvgIpc) is 3.17. The number of rotatable bonds is 5. The molecule has 2 heterocycles. The molecule has 2 aromatic carbocycles. The number of ether oxygens (including phenoxy) is 2. The molecule has 0 saturated heterocycles. The topological polar surface area (TPSA) is 73.3 Å². The molecule has 4 rings (SSSR count). The molecule has 0 unspecified atom stereocenters. The van der Waals surface area contributed by atoms with Crippen molar-refractivity contribution in [2.45, 2.75) is 18.9 Å². The molecule has 7 heteroatoms. The normalized spacial score (nSPS) is 12.1. The number of hydrogen-bond donors (Lipinski definition) is 1. The van der Waals surface area contributed by atoms with Gasteiger partial charge in [-0.2, -0.15) is 0 Å². The predicted octanol–water partition coefficient (Wildman–Crippen LogP) is 4.22. The highest BCUT2D eigenvalue weighted by Gasteiger charge is 2.14. The minimum Gasteiger partial charge on any atom is -0.454 e. The van der Waals surface area contributed by atoms with Crippen LogP contribution in [0.4, 0.5) is 5.69 Å². The second-order valence-electron chi connectivity index (χ2n) is 6.48. The summed E-state index contributed by atoms with van der Waals surface area (Å²) in [7, 11) is 0. The Kier molecular flexibility index (Phi) is 5.16. The largest absolute Gasteiger partial charge is 0.454 e. The summed E-state index contributed by atoms with van der Waals surface area (Å²) in [5.74, 6) is 1.64. The van der Waals surface area contributed by atoms with Crippen LogP contribution in [0.25, 0.3) is 11.3 Å². The number of carbonyl (C=O) groups is 1. The molecule has 1 aromatic heterocycles. The molecule has 0 bridgehead atoms. The summed E-state index contributed by atoms with van der Waals surface area (Å²) in [6.07, 6.45) is 0. The van der Waals surface area contributed by atoms with Gasteiger partial charge in [0.15, 0.2) is 11.5 Å². The lowest BCUT2D eigenvalue weighted by molar-refractivity contribution is -0.113. The Hall–Kier alpha value is -3.06. The van der Waals surface area contributed by atoms with E-state index in [-0.39, 0.29) is 18.5 Å². The van der Waals surface area contributed by atoms with Gasteiger partial charge >= 0.3 is 0 Å². The number of aromatic nitrogens is 2. The Morgan fingerprint density at radius 2 is 1.89 bits per heavy atom. The van der Waals surface area contributed by atoms with E-state index < -0.39 is 0 Å². The van der Waals surface area contributed by atoms with Crippen molar-refractivity contribution in [1.82, 2.24) is 10.2 Å². The fourth-order valence-corrected chi connectivity index (χ4v) is 3.50. The van der Waals surface area contributed by atoms with Crippen molar-refractivity contribution < 1.29 is 14.3 Å². The van der Waals surface area contributed by atoms with Crippen LogP contribution in [0, 0.1) is 13.8 Å². The highest BCUT2D eigenvalue weighted by Crippen LogP contribution is 2.35. The second-order valence-corrected chi connectivity index (χ2v) is 7.48. The molecule has 0 saturated carbocycles. The zero-order valence-electron chi connectivity index (χ0n) is 15.6. The van der Waals surface area contributed by atoms with Gasteiger partial charge < -0.3 is 14.8 Å². The Morgan fingerprint density at radius 1 is 1.04 bits per heavy atom. The van der Waals surface area contributed by atoms with Gasteiger partial charge in [-0.15, -0.1) is 10.2 Å². The number of nitrogens with zero attached hydrogens (tertiary/aromatic N) is 2. The van der Waals surface area contributed by atoms with E-state index in [2.05, 4.69) is 15.5 Å². The van der Waals surface area contributed by atoms with E-state index in [1.165, 1.54) is 17.3 Å². The van der Waals surface area contributed by atoms with Gasteiger partial charge in [0.2, 0.25) is 12.7 Å². The van der Waals surface area contributed by atoms with E-state index in [4.69, 9.17) is 9.47 Å². The molecule has 0 spiro atoms. The summed E-state index contributed by atoms with van der Waals surface area (Å²) in [5.41, 5.74) is 4.69. The molecule has 0 radical (unpaired) electrons. The lowest BCUT2D eigenvalue weighted by Gasteiger charge is -2.09. The monoisotopic (exact) mass is 393 g/mol. The summed E-state index contributed by atoms with van der Waals surface area (Å²) >= 11 is 1.35. The number of thioether (sulfide) groups is 1. The van der Waals surface area contributed by atoms with Gasteiger partial charge in [-0.05, 0) is 55.8 Å². The van der Waals surface area contributed by atoms with Crippen LogP contribution in [-0.2, 0) is 4.79 Å². The average molecular weight is 393 g/mol. The van der Waals surface area contributed by atoms with Crippen molar-refractivity contribution >= 4 is 23.4 Å². The highest BCUT2D eigenvalue weighted by atomic mass is 32.2. The first-order chi connectivity index (χ1) is 13.6. The van der Waals surface area contributed by atoms with Crippen LogP contribution < -0.4 is 14.8 Å². The number of fused-ring (bicyclic) bond motifs is 1. The summed E-state index contributed by atoms with van der Waals surface area (Å²) in [6, 6.07) is 15.4. The molecule has 6 nitrogen and oxygen atoms in total. The van der Waals surface area contributed by atoms with Crippen molar-refractivity contribution in [2.75, 3.05) is 17.9 Å². The van der Waals surface area contributed by atoms with Crippen molar-refractivity contribution in [3.8, 4) is 22.8 Å². The Balaban J connectivity index is 1.36. The van der Waals surface area contributed by atoms with Crippen molar-refractivity contribution in [2.24, 2.45) is 0 Å². The van der Waals surface area contributed by atoms with Crippen molar-refractivity contribution in [1.29, 1.82) is 0 Å². The Bertz CT molecular complexity index is 1020. The minimum absolute atomic E-state index is 0.0707. The standard InChI is InChI=1S/C21H19N3O3S/c1-13-3-5-16(14(2)9-13)22-20(25)11-28-21-8-6-17(23-24-21)15-4-7-18-19(10-15)27-12-26-18/h3-10H,11-12H2,1-2H3,(H,22,25). The van der Waals surface area contributed by atoms with Crippen LogP contribution in [0.1, 0.15) is 11.1 Å². The summed E-state index contributed by atoms with van der Waals surface area (Å²) in [5, 5.41) is 12.1. The van der Waals surface area contributed by atoms with Crippen LogP contribution in [0.2, 0.25) is 0 Å². The van der Waals surface area contributed by atoms with Crippen LogP contribution in [0.5, 0.6) is 11.5 Å². The van der Waals surface area contributed by atoms with Gasteiger partial charge in [0.25, 0.3) is 0 Å². The first-order valence-corrected chi connectivity index (χ1v) is 9.81. The second kappa shape index (κ2) is 7.90. The highest BCUT2D eigenvalue weighted by molar-refractivity contribution is 7.99. The van der Waals surface area contributed by atoms with E-state index in [1.807, 2.05) is 62.4 Å². The summed E-state index contributed by atoms with van der Waals surface area (Å²) in [4.78, 5) is 12.2. The molecule has 1 N–H and O–H groups in total. The van der Waals surface area contributed by atoms with Gasteiger partial charge in [0.05, 0.1) is 11.4 Å². The molecule has 1 amide bonds. The van der Waals surface area contributed by atoms with Gasteiger partial charge in [-0.3, -0.25) is 4.79 Å². The SMILES string of the molecule is Cc1ccc(NC(=O)CSc2ccc(-c3ccc4c(c3)OCO4)nn2)c(C)c1. The number of benzene rings is 2. The number of nitrogens with one attached hydrogen (secondary N) is 1. The molecule has 0 aliphatic carbocycles. The number of amides is 1. The molecule has 142 valence electrons. The van der Waals surface area contributed by atoms with Crippen LogP contribution in [0.15, 0.2) is 53.6 Å².